The fourth-order valence-electron chi connectivity index (χ4n) is 4.31. The second kappa shape index (κ2) is 12.0. The standard InChI is InChI=1S/C22H20FN9O6S3/c23-9-38-28-14(17-27-22(24)41-29-17)18(34)26-15-19(35)32-16(21(36)37)11(8-40-20(15)32)2-1-3-30-7-13-31(4-5-39-13)12(30)6-25-10-33/h1-2,4-5,7,10,15,20H,3,6,8-9H2,(H4-,24,25,26,27,29,33,34,36,37)/p+1/b2-1?,28-14-/t15-,20-/m1/s1. The lowest BCUT2D eigenvalue weighted by molar-refractivity contribution is -0.693. The molecule has 214 valence electrons. The Kier molecular flexibility index (Phi) is 8.26. The van der Waals surface area contributed by atoms with Crippen molar-refractivity contribution in [1.29, 1.82) is 0 Å². The minimum absolute atomic E-state index is 0.0375. The van der Waals surface area contributed by atoms with Crippen LogP contribution in [0.15, 0.2) is 46.4 Å². The van der Waals surface area contributed by atoms with Gasteiger partial charge in [-0.3, -0.25) is 19.3 Å². The molecule has 19 heteroatoms. The number of allylic oxidation sites excluding steroid dienone is 2. The van der Waals surface area contributed by atoms with Crippen LogP contribution >= 0.6 is 34.6 Å². The molecule has 0 aliphatic carbocycles. The molecule has 0 bridgehead atoms. The second-order valence-corrected chi connectivity index (χ2v) is 11.2. The van der Waals surface area contributed by atoms with Gasteiger partial charge in [0.15, 0.2) is 5.13 Å². The number of amides is 3. The number of fused-ring (bicyclic) bond motifs is 2. The Morgan fingerprint density at radius 1 is 1.41 bits per heavy atom. The van der Waals surface area contributed by atoms with Crippen LogP contribution in [0.2, 0.25) is 0 Å². The number of aromatic nitrogens is 4. The Balaban J connectivity index is 1.31. The number of imidazole rings is 1. The molecule has 3 aromatic heterocycles. The highest BCUT2D eigenvalue weighted by Crippen LogP contribution is 2.40. The number of thioether (sulfide) groups is 1. The van der Waals surface area contributed by atoms with Crippen molar-refractivity contribution in [3.8, 4) is 0 Å². The van der Waals surface area contributed by atoms with E-state index in [9.17, 15) is 28.7 Å². The van der Waals surface area contributed by atoms with Crippen LogP contribution in [0.5, 0.6) is 0 Å². The first-order valence-electron chi connectivity index (χ1n) is 11.7. The third-order valence-corrected chi connectivity index (χ3v) is 8.68. The molecular weight excluding hydrogens is 601 g/mol. The Hall–Kier alpha value is -4.36. The summed E-state index contributed by atoms with van der Waals surface area (Å²) in [6.07, 6.45) is 7.85. The number of oxime groups is 1. The highest BCUT2D eigenvalue weighted by atomic mass is 32.2. The fraction of sp³-hybridized carbons (Fsp3) is 0.273. The molecule has 0 saturated carbocycles. The topological polar surface area (TPSA) is 197 Å². The van der Waals surface area contributed by atoms with Gasteiger partial charge in [0.1, 0.15) is 42.6 Å². The van der Waals surface area contributed by atoms with Crippen molar-refractivity contribution in [3.05, 3.63) is 52.8 Å². The number of rotatable bonds is 12. The largest absolute Gasteiger partial charge is 0.477 e. The number of β-lactam (4-membered cyclic amide) rings is 1. The highest BCUT2D eigenvalue weighted by Gasteiger charge is 2.54. The number of carbonyl (C=O) groups excluding carboxylic acids is 3. The zero-order chi connectivity index (χ0) is 29.1. The smallest absolute Gasteiger partial charge is 0.352 e. The molecule has 2 aliphatic heterocycles. The maximum absolute atomic E-state index is 13.0. The summed E-state index contributed by atoms with van der Waals surface area (Å²) in [5.74, 6) is -1.96. The lowest BCUT2D eigenvalue weighted by Gasteiger charge is -2.49. The Bertz CT molecular complexity index is 1610. The number of halogens is 1. The number of nitrogens with one attached hydrogen (secondary N) is 2. The van der Waals surface area contributed by atoms with Crippen LogP contribution in [0.1, 0.15) is 11.6 Å². The van der Waals surface area contributed by atoms with Crippen LogP contribution in [0.25, 0.3) is 4.83 Å². The number of anilines is 1. The molecule has 5 heterocycles. The molecule has 5 rings (SSSR count). The average Bonchev–Trinajstić information content (AvgIpc) is 3.67. The molecule has 0 aromatic carbocycles. The zero-order valence-electron chi connectivity index (χ0n) is 20.8. The number of aliphatic carboxylic acids is 1. The van der Waals surface area contributed by atoms with E-state index < -0.39 is 41.8 Å². The summed E-state index contributed by atoms with van der Waals surface area (Å²) in [7, 11) is 0. The Morgan fingerprint density at radius 3 is 2.95 bits per heavy atom. The number of nitrogens with two attached hydrogens (primary N) is 1. The van der Waals surface area contributed by atoms with Gasteiger partial charge < -0.3 is 26.3 Å². The normalized spacial score (nSPS) is 18.9. The van der Waals surface area contributed by atoms with Gasteiger partial charge in [0.2, 0.25) is 22.8 Å². The summed E-state index contributed by atoms with van der Waals surface area (Å²) in [6, 6.07) is -1.07. The van der Waals surface area contributed by atoms with Crippen molar-refractivity contribution in [2.45, 2.75) is 24.5 Å². The summed E-state index contributed by atoms with van der Waals surface area (Å²) < 4.78 is 20.3. The molecule has 3 amide bonds. The van der Waals surface area contributed by atoms with Crippen molar-refractivity contribution in [3.63, 3.8) is 0 Å². The van der Waals surface area contributed by atoms with Crippen LogP contribution in [0.4, 0.5) is 9.52 Å². The Morgan fingerprint density at radius 2 is 2.24 bits per heavy atom. The van der Waals surface area contributed by atoms with E-state index >= 15 is 0 Å². The van der Waals surface area contributed by atoms with Crippen LogP contribution < -0.4 is 20.9 Å². The Labute approximate surface area is 242 Å². The third kappa shape index (κ3) is 5.50. The van der Waals surface area contributed by atoms with Crippen LogP contribution in [-0.4, -0.2) is 77.7 Å². The third-order valence-electron chi connectivity index (χ3n) is 6.04. The van der Waals surface area contributed by atoms with E-state index in [0.29, 0.717) is 25.1 Å². The molecule has 2 atom stereocenters. The zero-order valence-corrected chi connectivity index (χ0v) is 23.2. The van der Waals surface area contributed by atoms with Crippen LogP contribution in [0, 0.1) is 0 Å². The molecule has 0 unspecified atom stereocenters. The molecule has 0 radical (unpaired) electrons. The van der Waals surface area contributed by atoms with Gasteiger partial charge in [0.05, 0.1) is 0 Å². The number of alkyl halides is 1. The first kappa shape index (κ1) is 28.2. The number of nitrogen functional groups attached to an aromatic ring is 1. The molecule has 1 saturated heterocycles. The molecule has 3 aromatic rings. The molecule has 2 aliphatic rings. The van der Waals surface area contributed by atoms with E-state index in [0.717, 1.165) is 27.1 Å². The van der Waals surface area contributed by atoms with Crippen LogP contribution in [-0.2, 0) is 37.1 Å². The van der Waals surface area contributed by atoms with Crippen LogP contribution in [0.3, 0.4) is 0 Å². The van der Waals surface area contributed by atoms with Gasteiger partial charge in [-0.2, -0.15) is 13.8 Å². The number of carboxylic acid groups (broad SMARTS) is 1. The minimum Gasteiger partial charge on any atom is -0.477 e. The summed E-state index contributed by atoms with van der Waals surface area (Å²) >= 11 is 3.59. The lowest BCUT2D eigenvalue weighted by atomic mass is 10.0. The molecule has 5 N–H and O–H groups in total. The van der Waals surface area contributed by atoms with Gasteiger partial charge in [-0.05, 0) is 11.6 Å². The van der Waals surface area contributed by atoms with Crippen molar-refractivity contribution < 1.29 is 38.1 Å². The molecule has 15 nitrogen and oxygen atoms in total. The van der Waals surface area contributed by atoms with Crippen molar-refractivity contribution >= 4 is 74.5 Å². The van der Waals surface area contributed by atoms with E-state index in [4.69, 9.17) is 5.73 Å². The molecule has 41 heavy (non-hydrogen) atoms. The number of hydrogen-bond acceptors (Lipinski definition) is 12. The number of nitrogens with zero attached hydrogens (tertiary/aromatic N) is 6. The van der Waals surface area contributed by atoms with Crippen molar-refractivity contribution in [2.75, 3.05) is 18.3 Å². The minimum atomic E-state index is -1.31. The number of hydrogen-bond donors (Lipinski definition) is 4. The SMILES string of the molecule is Nc1nc(/C(=N/OCF)C(=O)N[C@@H]2C(=O)N3C(C(=O)O)=C(C=CC[n+]4cc5sccn5c4CNC=O)CS[C@H]23)ns1. The van der Waals surface area contributed by atoms with Gasteiger partial charge in [-0.1, -0.05) is 22.6 Å². The molecule has 1 fully saturated rings. The maximum atomic E-state index is 13.0. The van der Waals surface area contributed by atoms with E-state index in [1.807, 2.05) is 26.7 Å². The number of thiazole rings is 1. The predicted molar refractivity (Wildman–Crippen MR) is 145 cm³/mol. The summed E-state index contributed by atoms with van der Waals surface area (Å²) in [5.41, 5.74) is 5.31. The highest BCUT2D eigenvalue weighted by molar-refractivity contribution is 8.00. The predicted octanol–water partition coefficient (Wildman–Crippen LogP) is -0.389. The van der Waals surface area contributed by atoms with Crippen molar-refractivity contribution in [1.82, 2.24) is 29.3 Å². The monoisotopic (exact) mass is 622 g/mol. The summed E-state index contributed by atoms with van der Waals surface area (Å²) in [6.45, 7) is -0.622. The fourth-order valence-corrected chi connectivity index (χ4v) is 6.86. The maximum Gasteiger partial charge on any atom is 0.352 e. The first-order valence-corrected chi connectivity index (χ1v) is 14.4. The quantitative estimate of drug-likeness (QED) is 0.0679. The number of carbonyl (C=O) groups is 4. The van der Waals surface area contributed by atoms with E-state index in [1.165, 1.54) is 23.1 Å². The second-order valence-electron chi connectivity index (χ2n) is 8.38. The first-order chi connectivity index (χ1) is 19.8. The summed E-state index contributed by atoms with van der Waals surface area (Å²) in [5, 5.41) is 19.8. The molecule has 0 spiro atoms. The van der Waals surface area contributed by atoms with E-state index in [-0.39, 0.29) is 22.4 Å². The average molecular weight is 623 g/mol. The van der Waals surface area contributed by atoms with Gasteiger partial charge in [-0.15, -0.1) is 11.8 Å². The molecular formula is C22H21FN9O6S3+. The lowest BCUT2D eigenvalue weighted by Crippen LogP contribution is -2.71. The van der Waals surface area contributed by atoms with E-state index in [1.54, 1.807) is 12.2 Å². The van der Waals surface area contributed by atoms with Crippen molar-refractivity contribution in [2.24, 2.45) is 5.16 Å². The summed E-state index contributed by atoms with van der Waals surface area (Å²) in [4.78, 5) is 59.2. The van der Waals surface area contributed by atoms with Gasteiger partial charge in [-0.25, -0.2) is 13.8 Å². The van der Waals surface area contributed by atoms with Gasteiger partial charge >= 0.3 is 5.97 Å². The van der Waals surface area contributed by atoms with E-state index in [2.05, 4.69) is 30.0 Å². The van der Waals surface area contributed by atoms with Gasteiger partial charge in [0.25, 0.3) is 24.5 Å². The van der Waals surface area contributed by atoms with Gasteiger partial charge in [0, 0.05) is 22.7 Å². The number of carboxylic acids is 1.